The van der Waals surface area contributed by atoms with E-state index >= 15 is 0 Å². The second-order valence-corrected chi connectivity index (χ2v) is 2.92. The van der Waals surface area contributed by atoms with Gasteiger partial charge in [-0.1, -0.05) is 39.0 Å². The molecule has 0 amide bonds. The summed E-state index contributed by atoms with van der Waals surface area (Å²) >= 11 is 0. The first-order valence-electron chi connectivity index (χ1n) is 3.93. The summed E-state index contributed by atoms with van der Waals surface area (Å²) in [6, 6.07) is 0. The topological polar surface area (TPSA) is 0 Å². The Bertz CT molecular complexity index is 75.4. The van der Waals surface area contributed by atoms with Crippen LogP contribution in [0.15, 0.2) is 0 Å². The maximum atomic E-state index is 5.37. The van der Waals surface area contributed by atoms with Crippen LogP contribution in [0.1, 0.15) is 39.0 Å². The van der Waals surface area contributed by atoms with E-state index in [9.17, 15) is 0 Å². The zero-order chi connectivity index (χ0) is 8.04. The van der Waals surface area contributed by atoms with Crippen molar-refractivity contribution in [3.8, 4) is 0 Å². The van der Waals surface area contributed by atoms with E-state index in [-0.39, 0.29) is 0 Å². The highest BCUT2D eigenvalue weighted by atomic mass is 14.0. The van der Waals surface area contributed by atoms with Crippen LogP contribution in [-0.4, -0.2) is 23.5 Å². The summed E-state index contributed by atoms with van der Waals surface area (Å²) in [4.78, 5) is 0. The Morgan fingerprint density at radius 2 is 1.60 bits per heavy atom. The molecule has 0 N–H and O–H groups in total. The summed E-state index contributed by atoms with van der Waals surface area (Å²) in [6.07, 6.45) is 5.41. The van der Waals surface area contributed by atoms with Crippen molar-refractivity contribution in [2.75, 3.05) is 0 Å². The van der Waals surface area contributed by atoms with E-state index in [2.05, 4.69) is 6.92 Å². The summed E-state index contributed by atoms with van der Waals surface area (Å²) in [5, 5.41) is -0.951. The maximum Gasteiger partial charge on any atom is 0.0507 e. The van der Waals surface area contributed by atoms with E-state index in [4.69, 9.17) is 23.5 Å². The first-order valence-corrected chi connectivity index (χ1v) is 3.93. The van der Waals surface area contributed by atoms with Gasteiger partial charge in [0, 0.05) is 0 Å². The lowest BCUT2D eigenvalue weighted by Crippen LogP contribution is -2.11. The standard InChI is InChI=1S/C7H13B3/c1-2-3-4-5-6-7(8,9)10/h2-6H2,1H3. The Morgan fingerprint density at radius 1 is 1.00 bits per heavy atom. The molecule has 0 fully saturated rings. The Labute approximate surface area is 68.4 Å². The zero-order valence-corrected chi connectivity index (χ0v) is 6.77. The van der Waals surface area contributed by atoms with Crippen LogP contribution in [-0.2, 0) is 0 Å². The van der Waals surface area contributed by atoms with Crippen LogP contribution in [0.25, 0.3) is 0 Å². The minimum Gasteiger partial charge on any atom is -0.130 e. The summed E-state index contributed by atoms with van der Waals surface area (Å²) in [6.45, 7) is 2.17. The molecule has 0 bridgehead atoms. The summed E-state index contributed by atoms with van der Waals surface area (Å²) < 4.78 is 0. The molecule has 0 unspecified atom stereocenters. The number of hydrogen-bond acceptors (Lipinski definition) is 0. The monoisotopic (exact) mass is 130 g/mol. The summed E-state index contributed by atoms with van der Waals surface area (Å²) in [5.41, 5.74) is 0. The number of unbranched alkanes of at least 4 members (excludes halogenated alkanes) is 3. The largest absolute Gasteiger partial charge is 0.130 e. The van der Waals surface area contributed by atoms with Crippen LogP contribution in [0, 0.1) is 0 Å². The molecular formula is C7H13B3. The summed E-state index contributed by atoms with van der Waals surface area (Å²) in [7, 11) is 16.1. The SMILES string of the molecule is [B]C([B])([B])CCCCCC. The minimum atomic E-state index is -0.951. The first kappa shape index (κ1) is 10.2. The molecule has 50 valence electrons. The van der Waals surface area contributed by atoms with Gasteiger partial charge in [0.1, 0.15) is 0 Å². The smallest absolute Gasteiger partial charge is 0.0507 e. The van der Waals surface area contributed by atoms with Gasteiger partial charge in [0.05, 0.1) is 23.5 Å². The molecule has 3 heteroatoms. The average Bonchev–Trinajstić information content (AvgIpc) is 1.78. The highest BCUT2D eigenvalue weighted by Crippen LogP contribution is 2.19. The molecule has 0 spiro atoms. The first-order chi connectivity index (χ1) is 4.56. The van der Waals surface area contributed by atoms with E-state index in [1.807, 2.05) is 0 Å². The average molecular weight is 130 g/mol. The van der Waals surface area contributed by atoms with Crippen molar-refractivity contribution in [2.24, 2.45) is 0 Å². The molecule has 6 radical (unpaired) electrons. The lowest BCUT2D eigenvalue weighted by Gasteiger charge is -2.18. The molecule has 0 heterocycles. The predicted molar refractivity (Wildman–Crippen MR) is 48.7 cm³/mol. The highest BCUT2D eigenvalue weighted by molar-refractivity contribution is 6.58. The van der Waals surface area contributed by atoms with Gasteiger partial charge in [-0.2, -0.15) is 0 Å². The molecule has 10 heavy (non-hydrogen) atoms. The Morgan fingerprint density at radius 3 is 2.00 bits per heavy atom. The van der Waals surface area contributed by atoms with Crippen molar-refractivity contribution in [1.29, 1.82) is 0 Å². The number of hydrogen-bond donors (Lipinski definition) is 0. The van der Waals surface area contributed by atoms with Crippen molar-refractivity contribution in [2.45, 2.75) is 44.1 Å². The van der Waals surface area contributed by atoms with Gasteiger partial charge in [-0.05, 0) is 0 Å². The minimum absolute atomic E-state index is 0.715. The molecule has 0 aromatic heterocycles. The van der Waals surface area contributed by atoms with Gasteiger partial charge in [-0.25, -0.2) is 0 Å². The number of rotatable bonds is 5. The second kappa shape index (κ2) is 4.93. The lowest BCUT2D eigenvalue weighted by atomic mass is 9.41. The Kier molecular flexibility index (Phi) is 5.02. The molecule has 0 aliphatic carbocycles. The van der Waals surface area contributed by atoms with Crippen molar-refractivity contribution in [1.82, 2.24) is 0 Å². The molecule has 0 aliphatic heterocycles. The van der Waals surface area contributed by atoms with Gasteiger partial charge >= 0.3 is 0 Å². The Balaban J connectivity index is 3.04. The van der Waals surface area contributed by atoms with Crippen LogP contribution >= 0.6 is 0 Å². The van der Waals surface area contributed by atoms with Crippen molar-refractivity contribution < 1.29 is 0 Å². The normalized spacial score (nSPS) is 11.7. The van der Waals surface area contributed by atoms with Gasteiger partial charge in [0.25, 0.3) is 0 Å². The van der Waals surface area contributed by atoms with E-state index in [0.29, 0.717) is 6.42 Å². The van der Waals surface area contributed by atoms with Crippen molar-refractivity contribution >= 4 is 23.5 Å². The third-order valence-electron chi connectivity index (χ3n) is 1.46. The highest BCUT2D eigenvalue weighted by Gasteiger charge is 2.07. The van der Waals surface area contributed by atoms with Crippen LogP contribution in [0.5, 0.6) is 0 Å². The predicted octanol–water partition coefficient (Wildman–Crippen LogP) is 1.54. The van der Waals surface area contributed by atoms with Crippen LogP contribution in [0.3, 0.4) is 0 Å². The van der Waals surface area contributed by atoms with Crippen molar-refractivity contribution in [3.63, 3.8) is 0 Å². The second-order valence-electron chi connectivity index (χ2n) is 2.92. The van der Waals surface area contributed by atoms with Gasteiger partial charge in [-0.15, -0.1) is 5.11 Å². The van der Waals surface area contributed by atoms with Gasteiger partial charge in [-0.3, -0.25) is 0 Å². The fourth-order valence-electron chi connectivity index (χ4n) is 0.858. The molecule has 0 aromatic carbocycles. The lowest BCUT2D eigenvalue weighted by molar-refractivity contribution is 0.636. The third-order valence-corrected chi connectivity index (χ3v) is 1.46. The van der Waals surface area contributed by atoms with E-state index < -0.39 is 5.11 Å². The zero-order valence-electron chi connectivity index (χ0n) is 6.77. The summed E-state index contributed by atoms with van der Waals surface area (Å²) in [5.74, 6) is 0. The van der Waals surface area contributed by atoms with E-state index in [0.717, 1.165) is 6.42 Å². The van der Waals surface area contributed by atoms with Crippen molar-refractivity contribution in [3.05, 3.63) is 0 Å². The molecule has 0 saturated heterocycles. The van der Waals surface area contributed by atoms with Crippen LogP contribution in [0.4, 0.5) is 0 Å². The maximum absolute atomic E-state index is 5.37. The molecule has 0 atom stereocenters. The van der Waals surface area contributed by atoms with Gasteiger partial charge in [0.15, 0.2) is 0 Å². The van der Waals surface area contributed by atoms with E-state index in [1.165, 1.54) is 19.3 Å². The molecule has 0 nitrogen and oxygen atoms in total. The molecule has 0 saturated carbocycles. The van der Waals surface area contributed by atoms with Crippen LogP contribution in [0.2, 0.25) is 5.11 Å². The van der Waals surface area contributed by atoms with Gasteiger partial charge in [0.2, 0.25) is 0 Å². The van der Waals surface area contributed by atoms with Crippen LogP contribution < -0.4 is 0 Å². The third kappa shape index (κ3) is 8.19. The molecule has 0 aromatic rings. The van der Waals surface area contributed by atoms with E-state index in [1.54, 1.807) is 0 Å². The fraction of sp³-hybridized carbons (Fsp3) is 1.00. The molecule has 0 aliphatic rings. The molecule has 0 rings (SSSR count). The van der Waals surface area contributed by atoms with Gasteiger partial charge < -0.3 is 0 Å². The quantitative estimate of drug-likeness (QED) is 0.390. The fourth-order valence-corrected chi connectivity index (χ4v) is 0.858. The molecular weight excluding hydrogens is 117 g/mol. The Hall–Kier alpha value is 0.195.